The molecular formula is C22H23N3O5S2. The molecule has 0 atom stereocenters. The van der Waals surface area contributed by atoms with Gasteiger partial charge in [0.2, 0.25) is 5.91 Å². The standard InChI is InChI=1S/C22H23N3O5S2/c1-4-25(16(2)26)22-23-17(15-31-22)14-30-21(27)19-12-8-9-13-20(19)32(28,29)24(3)18-10-6-5-7-11-18/h5-13,15H,4,14H2,1-3H3. The fourth-order valence-electron chi connectivity index (χ4n) is 2.98. The van der Waals surface area contributed by atoms with E-state index in [1.165, 1.54) is 42.3 Å². The number of ether oxygens (including phenoxy) is 1. The zero-order valence-electron chi connectivity index (χ0n) is 17.9. The fraction of sp³-hybridized carbons (Fsp3) is 0.227. The monoisotopic (exact) mass is 473 g/mol. The molecular weight excluding hydrogens is 450 g/mol. The number of nitrogens with zero attached hydrogens (tertiary/aromatic N) is 3. The number of benzene rings is 2. The van der Waals surface area contributed by atoms with Crippen molar-refractivity contribution in [2.24, 2.45) is 0 Å². The smallest absolute Gasteiger partial charge is 0.339 e. The van der Waals surface area contributed by atoms with Crippen molar-refractivity contribution < 1.29 is 22.7 Å². The van der Waals surface area contributed by atoms with E-state index in [4.69, 9.17) is 4.74 Å². The van der Waals surface area contributed by atoms with Crippen molar-refractivity contribution in [1.82, 2.24) is 4.98 Å². The second-order valence-electron chi connectivity index (χ2n) is 6.77. The number of sulfonamides is 1. The maximum Gasteiger partial charge on any atom is 0.339 e. The number of rotatable bonds is 8. The summed E-state index contributed by atoms with van der Waals surface area (Å²) in [6.45, 7) is 3.62. The Bertz CT molecular complexity index is 1210. The topological polar surface area (TPSA) is 96.9 Å². The van der Waals surface area contributed by atoms with Crippen LogP contribution in [0.15, 0.2) is 64.9 Å². The SMILES string of the molecule is CCN(C(C)=O)c1nc(COC(=O)c2ccccc2S(=O)(=O)N(C)c2ccccc2)cs1. The molecule has 10 heteroatoms. The molecule has 0 aliphatic heterocycles. The molecule has 8 nitrogen and oxygen atoms in total. The quantitative estimate of drug-likeness (QED) is 0.463. The van der Waals surface area contributed by atoms with Crippen LogP contribution in [-0.2, 0) is 26.2 Å². The molecule has 0 radical (unpaired) electrons. The Labute approximate surface area is 191 Å². The Hall–Kier alpha value is -3.24. The highest BCUT2D eigenvalue weighted by Gasteiger charge is 2.27. The third kappa shape index (κ3) is 4.97. The van der Waals surface area contributed by atoms with Gasteiger partial charge < -0.3 is 4.74 Å². The van der Waals surface area contributed by atoms with Crippen LogP contribution in [0.4, 0.5) is 10.8 Å². The Kier molecular flexibility index (Phi) is 7.26. The molecule has 3 aromatic rings. The Morgan fingerprint density at radius 1 is 1.06 bits per heavy atom. The van der Waals surface area contributed by atoms with Crippen LogP contribution >= 0.6 is 11.3 Å². The summed E-state index contributed by atoms with van der Waals surface area (Å²) in [6, 6.07) is 14.5. The first-order valence-corrected chi connectivity index (χ1v) is 12.1. The maximum absolute atomic E-state index is 13.2. The summed E-state index contributed by atoms with van der Waals surface area (Å²) in [5, 5.41) is 2.21. The molecule has 3 rings (SSSR count). The van der Waals surface area contributed by atoms with Crippen LogP contribution in [0.5, 0.6) is 0 Å². The van der Waals surface area contributed by atoms with E-state index in [2.05, 4.69) is 4.98 Å². The number of thiazole rings is 1. The van der Waals surface area contributed by atoms with Crippen LogP contribution in [-0.4, -0.2) is 38.9 Å². The number of hydrogen-bond donors (Lipinski definition) is 0. The van der Waals surface area contributed by atoms with Crippen LogP contribution in [0.2, 0.25) is 0 Å². The lowest BCUT2D eigenvalue weighted by Gasteiger charge is -2.20. The number of hydrogen-bond acceptors (Lipinski definition) is 7. The molecule has 32 heavy (non-hydrogen) atoms. The second kappa shape index (κ2) is 9.92. The number of para-hydroxylation sites is 1. The molecule has 0 saturated carbocycles. The summed E-state index contributed by atoms with van der Waals surface area (Å²) in [6.07, 6.45) is 0. The summed E-state index contributed by atoms with van der Waals surface area (Å²) in [5.74, 6) is -0.911. The molecule has 1 amide bonds. The highest BCUT2D eigenvalue weighted by Crippen LogP contribution is 2.26. The van der Waals surface area contributed by atoms with E-state index in [-0.39, 0.29) is 23.0 Å². The molecule has 168 valence electrons. The summed E-state index contributed by atoms with van der Waals surface area (Å²) < 4.78 is 32.8. The molecule has 2 aromatic carbocycles. The van der Waals surface area contributed by atoms with Crippen molar-refractivity contribution in [1.29, 1.82) is 0 Å². The van der Waals surface area contributed by atoms with E-state index in [0.29, 0.717) is 23.1 Å². The van der Waals surface area contributed by atoms with E-state index in [9.17, 15) is 18.0 Å². The van der Waals surface area contributed by atoms with Gasteiger partial charge >= 0.3 is 5.97 Å². The molecule has 0 spiro atoms. The molecule has 0 unspecified atom stereocenters. The second-order valence-corrected chi connectivity index (χ2v) is 9.54. The van der Waals surface area contributed by atoms with Gasteiger partial charge in [0.1, 0.15) is 11.5 Å². The van der Waals surface area contributed by atoms with Crippen molar-refractivity contribution in [2.45, 2.75) is 25.3 Å². The van der Waals surface area contributed by atoms with Gasteiger partial charge in [0, 0.05) is 25.9 Å². The average molecular weight is 474 g/mol. The van der Waals surface area contributed by atoms with Gasteiger partial charge in [-0.15, -0.1) is 11.3 Å². The number of carbonyl (C=O) groups is 2. The van der Waals surface area contributed by atoms with Gasteiger partial charge in [-0.05, 0) is 31.2 Å². The Morgan fingerprint density at radius 3 is 2.38 bits per heavy atom. The number of carbonyl (C=O) groups excluding carboxylic acids is 2. The first kappa shape index (κ1) is 23.4. The minimum absolute atomic E-state index is 0.0651. The minimum atomic E-state index is -4.00. The number of anilines is 2. The van der Waals surface area contributed by atoms with E-state index in [1.54, 1.807) is 47.8 Å². The molecule has 0 fully saturated rings. The summed E-state index contributed by atoms with van der Waals surface area (Å²) in [5.41, 5.74) is 0.876. The Balaban J connectivity index is 1.79. The van der Waals surface area contributed by atoms with Gasteiger partial charge in [-0.3, -0.25) is 14.0 Å². The van der Waals surface area contributed by atoms with Gasteiger partial charge in [-0.1, -0.05) is 30.3 Å². The lowest BCUT2D eigenvalue weighted by molar-refractivity contribution is -0.116. The molecule has 1 aromatic heterocycles. The van der Waals surface area contributed by atoms with Crippen LogP contribution < -0.4 is 9.21 Å². The van der Waals surface area contributed by atoms with Gasteiger partial charge in [-0.25, -0.2) is 18.2 Å². The van der Waals surface area contributed by atoms with Crippen LogP contribution in [0.3, 0.4) is 0 Å². The van der Waals surface area contributed by atoms with Crippen molar-refractivity contribution >= 4 is 44.1 Å². The minimum Gasteiger partial charge on any atom is -0.456 e. The lowest BCUT2D eigenvalue weighted by atomic mass is 10.2. The van der Waals surface area contributed by atoms with Crippen molar-refractivity contribution in [3.63, 3.8) is 0 Å². The highest BCUT2D eigenvalue weighted by atomic mass is 32.2. The zero-order valence-corrected chi connectivity index (χ0v) is 19.5. The molecule has 0 bridgehead atoms. The predicted molar refractivity (Wildman–Crippen MR) is 123 cm³/mol. The highest BCUT2D eigenvalue weighted by molar-refractivity contribution is 7.92. The van der Waals surface area contributed by atoms with Crippen molar-refractivity contribution in [3.8, 4) is 0 Å². The van der Waals surface area contributed by atoms with Crippen LogP contribution in [0.1, 0.15) is 29.9 Å². The van der Waals surface area contributed by atoms with Gasteiger partial charge in [-0.2, -0.15) is 0 Å². The number of amides is 1. The average Bonchev–Trinajstić information content (AvgIpc) is 3.26. The maximum atomic E-state index is 13.2. The Morgan fingerprint density at radius 2 is 1.72 bits per heavy atom. The van der Waals surface area contributed by atoms with E-state index in [0.717, 1.165) is 4.31 Å². The first-order chi connectivity index (χ1) is 15.3. The van der Waals surface area contributed by atoms with Crippen LogP contribution in [0.25, 0.3) is 0 Å². The summed E-state index contributed by atoms with van der Waals surface area (Å²) >= 11 is 1.27. The molecule has 0 saturated heterocycles. The predicted octanol–water partition coefficient (Wildman–Crippen LogP) is 3.70. The largest absolute Gasteiger partial charge is 0.456 e. The van der Waals surface area contributed by atoms with Gasteiger partial charge in [0.25, 0.3) is 10.0 Å². The molecule has 1 heterocycles. The lowest BCUT2D eigenvalue weighted by Crippen LogP contribution is -2.28. The number of esters is 1. The van der Waals surface area contributed by atoms with Crippen molar-refractivity contribution in [3.05, 3.63) is 71.2 Å². The van der Waals surface area contributed by atoms with E-state index >= 15 is 0 Å². The fourth-order valence-corrected chi connectivity index (χ4v) is 5.27. The third-order valence-corrected chi connectivity index (χ3v) is 7.44. The zero-order chi connectivity index (χ0) is 23.3. The van der Waals surface area contributed by atoms with Gasteiger partial charge in [0.05, 0.1) is 16.9 Å². The number of aromatic nitrogens is 1. The normalized spacial score (nSPS) is 11.1. The molecule has 0 N–H and O–H groups in total. The summed E-state index contributed by atoms with van der Waals surface area (Å²) in [7, 11) is -2.57. The van der Waals surface area contributed by atoms with E-state index < -0.39 is 16.0 Å². The molecule has 0 aliphatic carbocycles. The first-order valence-electron chi connectivity index (χ1n) is 9.78. The molecule has 0 aliphatic rings. The third-order valence-electron chi connectivity index (χ3n) is 4.68. The van der Waals surface area contributed by atoms with Gasteiger partial charge in [0.15, 0.2) is 5.13 Å². The van der Waals surface area contributed by atoms with Crippen molar-refractivity contribution in [2.75, 3.05) is 22.8 Å². The van der Waals surface area contributed by atoms with E-state index in [1.807, 2.05) is 6.92 Å². The van der Waals surface area contributed by atoms with Crippen LogP contribution in [0, 0.1) is 0 Å². The summed E-state index contributed by atoms with van der Waals surface area (Å²) in [4.78, 5) is 30.1.